The van der Waals surface area contributed by atoms with E-state index in [0.29, 0.717) is 12.1 Å². The van der Waals surface area contributed by atoms with Crippen LogP contribution in [0, 0.1) is 6.92 Å². The van der Waals surface area contributed by atoms with Gasteiger partial charge < -0.3 is 5.73 Å². The predicted molar refractivity (Wildman–Crippen MR) is 74.0 cm³/mol. The van der Waals surface area contributed by atoms with Crippen molar-refractivity contribution in [3.63, 3.8) is 0 Å². The molecule has 1 aromatic heterocycles. The number of likely N-dealkylation sites (N-methyl/N-ethyl adjacent to an activating group) is 1. The van der Waals surface area contributed by atoms with Crippen LogP contribution in [-0.2, 0) is 0 Å². The van der Waals surface area contributed by atoms with Crippen molar-refractivity contribution < 1.29 is 0 Å². The van der Waals surface area contributed by atoms with Crippen molar-refractivity contribution >= 4 is 27.3 Å². The highest BCUT2D eigenvalue weighted by molar-refractivity contribution is 9.10. The maximum absolute atomic E-state index is 6.29. The lowest BCUT2D eigenvalue weighted by atomic mass is 9.96. The van der Waals surface area contributed by atoms with Gasteiger partial charge in [0.1, 0.15) is 0 Å². The number of thiophene rings is 1. The Morgan fingerprint density at radius 1 is 1.62 bits per heavy atom. The fourth-order valence-corrected chi connectivity index (χ4v) is 4.24. The van der Waals surface area contributed by atoms with Crippen LogP contribution in [-0.4, -0.2) is 24.0 Å². The maximum Gasteiger partial charge on any atom is 0.0593 e. The third-order valence-electron chi connectivity index (χ3n) is 3.36. The highest BCUT2D eigenvalue weighted by Gasteiger charge is 2.30. The first-order valence-corrected chi connectivity index (χ1v) is 7.50. The van der Waals surface area contributed by atoms with E-state index < -0.39 is 0 Å². The minimum absolute atomic E-state index is 0.290. The molecular weight excluding hydrogens is 284 g/mol. The van der Waals surface area contributed by atoms with E-state index in [1.54, 1.807) is 0 Å². The second-order valence-electron chi connectivity index (χ2n) is 4.43. The normalized spacial score (nSPS) is 27.2. The first-order chi connectivity index (χ1) is 7.63. The molecule has 0 spiro atoms. The standard InChI is InChI=1S/C12H19BrN2S/c1-3-15-6-4-5-10(14)12(15)11-7-9(13)8(2)16-11/h7,10,12H,3-6,14H2,1-2H3. The van der Waals surface area contributed by atoms with Crippen molar-refractivity contribution in [1.29, 1.82) is 0 Å². The molecular formula is C12H19BrN2S. The molecule has 0 bridgehead atoms. The molecule has 4 heteroatoms. The molecule has 0 aliphatic carbocycles. The lowest BCUT2D eigenvalue weighted by Gasteiger charge is -2.38. The van der Waals surface area contributed by atoms with Gasteiger partial charge >= 0.3 is 0 Å². The Labute approximate surface area is 110 Å². The second kappa shape index (κ2) is 5.17. The molecule has 90 valence electrons. The summed E-state index contributed by atoms with van der Waals surface area (Å²) in [7, 11) is 0. The van der Waals surface area contributed by atoms with E-state index in [9.17, 15) is 0 Å². The summed E-state index contributed by atoms with van der Waals surface area (Å²) in [6.07, 6.45) is 2.38. The van der Waals surface area contributed by atoms with Crippen molar-refractivity contribution in [2.75, 3.05) is 13.1 Å². The van der Waals surface area contributed by atoms with E-state index in [1.807, 2.05) is 11.3 Å². The van der Waals surface area contributed by atoms with Gasteiger partial charge in [-0.2, -0.15) is 0 Å². The fourth-order valence-electron chi connectivity index (χ4n) is 2.47. The molecule has 2 unspecified atom stereocenters. The number of nitrogens with zero attached hydrogens (tertiary/aromatic N) is 1. The topological polar surface area (TPSA) is 29.3 Å². The Morgan fingerprint density at radius 2 is 2.38 bits per heavy atom. The Morgan fingerprint density at radius 3 is 2.94 bits per heavy atom. The molecule has 16 heavy (non-hydrogen) atoms. The molecule has 1 aliphatic heterocycles. The van der Waals surface area contributed by atoms with Crippen molar-refractivity contribution in [1.82, 2.24) is 4.90 Å². The van der Waals surface area contributed by atoms with E-state index in [2.05, 4.69) is 40.7 Å². The van der Waals surface area contributed by atoms with Crippen molar-refractivity contribution in [3.05, 3.63) is 20.3 Å². The monoisotopic (exact) mass is 302 g/mol. The molecule has 2 heterocycles. The lowest BCUT2D eigenvalue weighted by molar-refractivity contribution is 0.138. The molecule has 0 saturated carbocycles. The molecule has 2 rings (SSSR count). The average Bonchev–Trinajstić information content (AvgIpc) is 2.58. The van der Waals surface area contributed by atoms with Crippen molar-refractivity contribution in [2.45, 2.75) is 38.8 Å². The highest BCUT2D eigenvalue weighted by atomic mass is 79.9. The van der Waals surface area contributed by atoms with Gasteiger partial charge in [-0.25, -0.2) is 0 Å². The number of halogens is 1. The average molecular weight is 303 g/mol. The minimum atomic E-state index is 0.290. The van der Waals surface area contributed by atoms with Gasteiger partial charge in [0.05, 0.1) is 6.04 Å². The van der Waals surface area contributed by atoms with Crippen molar-refractivity contribution in [3.8, 4) is 0 Å². The van der Waals surface area contributed by atoms with Gasteiger partial charge in [-0.15, -0.1) is 11.3 Å². The Balaban J connectivity index is 2.27. The maximum atomic E-state index is 6.29. The number of nitrogens with two attached hydrogens (primary N) is 1. The van der Waals surface area contributed by atoms with Gasteiger partial charge in [-0.1, -0.05) is 6.92 Å². The molecule has 1 aromatic rings. The van der Waals surface area contributed by atoms with Crippen LogP contribution in [0.5, 0.6) is 0 Å². The van der Waals surface area contributed by atoms with E-state index in [4.69, 9.17) is 5.73 Å². The molecule has 1 aliphatic rings. The van der Waals surface area contributed by atoms with Gasteiger partial charge in [0, 0.05) is 20.3 Å². The van der Waals surface area contributed by atoms with Gasteiger partial charge in [-0.3, -0.25) is 4.90 Å². The van der Waals surface area contributed by atoms with Crippen LogP contribution in [0.4, 0.5) is 0 Å². The summed E-state index contributed by atoms with van der Waals surface area (Å²) >= 11 is 5.47. The van der Waals surface area contributed by atoms with Crippen LogP contribution in [0.15, 0.2) is 10.5 Å². The smallest absolute Gasteiger partial charge is 0.0593 e. The molecule has 1 saturated heterocycles. The molecule has 0 radical (unpaired) electrons. The van der Waals surface area contributed by atoms with Crippen LogP contribution < -0.4 is 5.73 Å². The second-order valence-corrected chi connectivity index (χ2v) is 6.57. The fraction of sp³-hybridized carbons (Fsp3) is 0.667. The summed E-state index contributed by atoms with van der Waals surface area (Å²) in [5, 5.41) is 0. The summed E-state index contributed by atoms with van der Waals surface area (Å²) in [6.45, 7) is 6.65. The molecule has 2 N–H and O–H groups in total. The number of hydrogen-bond acceptors (Lipinski definition) is 3. The van der Waals surface area contributed by atoms with Crippen LogP contribution >= 0.6 is 27.3 Å². The van der Waals surface area contributed by atoms with E-state index in [0.717, 1.165) is 13.0 Å². The summed E-state index contributed by atoms with van der Waals surface area (Å²) in [4.78, 5) is 5.27. The third kappa shape index (κ3) is 2.35. The number of rotatable bonds is 2. The van der Waals surface area contributed by atoms with E-state index >= 15 is 0 Å². The quantitative estimate of drug-likeness (QED) is 0.908. The largest absolute Gasteiger partial charge is 0.326 e. The summed E-state index contributed by atoms with van der Waals surface area (Å²) < 4.78 is 1.22. The summed E-state index contributed by atoms with van der Waals surface area (Å²) in [5.41, 5.74) is 6.29. The zero-order valence-electron chi connectivity index (χ0n) is 9.87. The first kappa shape index (κ1) is 12.6. The van der Waals surface area contributed by atoms with Gasteiger partial charge in [-0.05, 0) is 54.9 Å². The van der Waals surface area contributed by atoms with E-state index in [1.165, 1.54) is 27.2 Å². The predicted octanol–water partition coefficient (Wildman–Crippen LogP) is 3.30. The SMILES string of the molecule is CCN1CCCC(N)C1c1cc(Br)c(C)s1. The highest BCUT2D eigenvalue weighted by Crippen LogP contribution is 2.37. The zero-order chi connectivity index (χ0) is 11.7. The van der Waals surface area contributed by atoms with Crippen LogP contribution in [0.25, 0.3) is 0 Å². The minimum Gasteiger partial charge on any atom is -0.326 e. The molecule has 2 nitrogen and oxygen atoms in total. The lowest BCUT2D eigenvalue weighted by Crippen LogP contribution is -2.45. The zero-order valence-corrected chi connectivity index (χ0v) is 12.3. The van der Waals surface area contributed by atoms with Crippen molar-refractivity contribution in [2.24, 2.45) is 5.73 Å². The van der Waals surface area contributed by atoms with Gasteiger partial charge in [0.15, 0.2) is 0 Å². The summed E-state index contributed by atoms with van der Waals surface area (Å²) in [6, 6.07) is 2.96. The Hall–Kier alpha value is 0.1000. The van der Waals surface area contributed by atoms with Gasteiger partial charge in [0.2, 0.25) is 0 Å². The van der Waals surface area contributed by atoms with Crippen LogP contribution in [0.2, 0.25) is 0 Å². The number of hydrogen-bond donors (Lipinski definition) is 1. The van der Waals surface area contributed by atoms with Crippen LogP contribution in [0.3, 0.4) is 0 Å². The third-order valence-corrected chi connectivity index (χ3v) is 5.56. The van der Waals surface area contributed by atoms with E-state index in [-0.39, 0.29) is 0 Å². The Kier molecular flexibility index (Phi) is 4.06. The number of piperidine rings is 1. The molecule has 2 atom stereocenters. The number of aryl methyl sites for hydroxylation is 1. The first-order valence-electron chi connectivity index (χ1n) is 5.89. The van der Waals surface area contributed by atoms with Crippen LogP contribution in [0.1, 0.15) is 35.6 Å². The Bertz CT molecular complexity index is 344. The van der Waals surface area contributed by atoms with Gasteiger partial charge in [0.25, 0.3) is 0 Å². The molecule has 1 fully saturated rings. The number of likely N-dealkylation sites (tertiary alicyclic amines) is 1. The molecule has 0 aromatic carbocycles. The molecule has 0 amide bonds. The summed E-state index contributed by atoms with van der Waals surface area (Å²) in [5.74, 6) is 0.